The number of hydrogen-bond acceptors (Lipinski definition) is 4. The number of nitrogens with zero attached hydrogens (tertiary/aromatic N) is 1. The average Bonchev–Trinajstić information content (AvgIpc) is 2.23. The van der Waals surface area contributed by atoms with E-state index in [2.05, 4.69) is 11.8 Å². The van der Waals surface area contributed by atoms with Crippen LogP contribution < -0.4 is 0 Å². The molecule has 0 bridgehead atoms. The van der Waals surface area contributed by atoms with Gasteiger partial charge in [-0.25, -0.2) is 0 Å². The van der Waals surface area contributed by atoms with Crippen molar-refractivity contribution in [1.82, 2.24) is 4.90 Å². The van der Waals surface area contributed by atoms with Crippen LogP contribution in [0.3, 0.4) is 0 Å². The molecule has 4 atom stereocenters. The summed E-state index contributed by atoms with van der Waals surface area (Å²) in [7, 11) is 0. The van der Waals surface area contributed by atoms with E-state index < -0.39 is 12.2 Å². The Kier molecular flexibility index (Phi) is 4.99. The van der Waals surface area contributed by atoms with Crippen LogP contribution in [0.5, 0.6) is 0 Å². The fourth-order valence-electron chi connectivity index (χ4n) is 2.24. The van der Waals surface area contributed by atoms with E-state index in [4.69, 9.17) is 0 Å². The summed E-state index contributed by atoms with van der Waals surface area (Å²) in [6.45, 7) is 5.60. The molecular formula is C11H23NO3. The summed E-state index contributed by atoms with van der Waals surface area (Å²) in [5.41, 5.74) is 0. The summed E-state index contributed by atoms with van der Waals surface area (Å²) in [5.74, 6) is 0.0691. The molecule has 1 saturated heterocycles. The monoisotopic (exact) mass is 217 g/mol. The number of aliphatic hydroxyl groups excluding tert-OH is 3. The van der Waals surface area contributed by atoms with E-state index in [-0.39, 0.29) is 18.6 Å². The van der Waals surface area contributed by atoms with E-state index in [0.29, 0.717) is 0 Å². The minimum Gasteiger partial charge on any atom is -0.395 e. The lowest BCUT2D eigenvalue weighted by molar-refractivity contribution is -0.114. The zero-order valence-corrected chi connectivity index (χ0v) is 9.63. The maximum Gasteiger partial charge on any atom is 0.0979 e. The van der Waals surface area contributed by atoms with Crippen LogP contribution in [0.1, 0.15) is 26.7 Å². The number of aliphatic hydroxyl groups is 3. The summed E-state index contributed by atoms with van der Waals surface area (Å²) in [6.07, 6.45) is 0.629. The van der Waals surface area contributed by atoms with Crippen molar-refractivity contribution in [2.75, 3.05) is 19.7 Å². The Morgan fingerprint density at radius 1 is 1.27 bits per heavy atom. The Morgan fingerprint density at radius 2 is 1.93 bits per heavy atom. The molecule has 0 saturated carbocycles. The molecule has 0 aromatic heterocycles. The number of unbranched alkanes of at least 4 members (excludes halogenated alkanes) is 1. The van der Waals surface area contributed by atoms with Gasteiger partial charge in [-0.05, 0) is 18.9 Å². The van der Waals surface area contributed by atoms with Crippen LogP contribution >= 0.6 is 0 Å². The molecule has 1 rings (SSSR count). The van der Waals surface area contributed by atoms with E-state index >= 15 is 0 Å². The van der Waals surface area contributed by atoms with Crippen LogP contribution in [0.4, 0.5) is 0 Å². The third-order valence-electron chi connectivity index (χ3n) is 3.30. The highest BCUT2D eigenvalue weighted by atomic mass is 16.3. The van der Waals surface area contributed by atoms with Gasteiger partial charge < -0.3 is 15.3 Å². The molecule has 1 fully saturated rings. The van der Waals surface area contributed by atoms with Crippen LogP contribution in [0.25, 0.3) is 0 Å². The second-order valence-electron chi connectivity index (χ2n) is 4.56. The molecule has 4 nitrogen and oxygen atoms in total. The molecule has 0 aromatic rings. The molecule has 1 aliphatic heterocycles. The molecule has 1 heterocycles. The van der Waals surface area contributed by atoms with Gasteiger partial charge >= 0.3 is 0 Å². The van der Waals surface area contributed by atoms with Gasteiger partial charge in [0.05, 0.1) is 24.9 Å². The maximum absolute atomic E-state index is 9.83. The minimum atomic E-state index is -0.824. The smallest absolute Gasteiger partial charge is 0.0979 e. The minimum absolute atomic E-state index is 0.0691. The Morgan fingerprint density at radius 3 is 2.47 bits per heavy atom. The molecule has 15 heavy (non-hydrogen) atoms. The molecule has 0 unspecified atom stereocenters. The lowest BCUT2D eigenvalue weighted by Gasteiger charge is -2.44. The highest BCUT2D eigenvalue weighted by Crippen LogP contribution is 2.23. The second-order valence-corrected chi connectivity index (χ2v) is 4.56. The van der Waals surface area contributed by atoms with Crippen LogP contribution in [-0.4, -0.2) is 58.2 Å². The molecule has 90 valence electrons. The standard InChI is InChI=1S/C11H23NO3/c1-3-4-5-12-6-8(2)10(14)11(15)9(12)7-13/h8-11,13-15H,3-7H2,1-2H3/t8-,9+,10+,11-/m0/s1. The van der Waals surface area contributed by atoms with E-state index in [1.807, 2.05) is 6.92 Å². The van der Waals surface area contributed by atoms with Gasteiger partial charge in [-0.2, -0.15) is 0 Å². The van der Waals surface area contributed by atoms with Gasteiger partial charge in [0, 0.05) is 6.54 Å². The van der Waals surface area contributed by atoms with Crippen molar-refractivity contribution < 1.29 is 15.3 Å². The molecular weight excluding hydrogens is 194 g/mol. The van der Waals surface area contributed by atoms with Gasteiger partial charge in [-0.15, -0.1) is 0 Å². The van der Waals surface area contributed by atoms with E-state index in [1.54, 1.807) is 0 Å². The number of piperidine rings is 1. The van der Waals surface area contributed by atoms with Crippen LogP contribution in [0.15, 0.2) is 0 Å². The molecule has 4 heteroatoms. The normalized spacial score (nSPS) is 38.2. The van der Waals surface area contributed by atoms with Crippen molar-refractivity contribution in [3.8, 4) is 0 Å². The van der Waals surface area contributed by atoms with Crippen LogP contribution in [-0.2, 0) is 0 Å². The van der Waals surface area contributed by atoms with Gasteiger partial charge in [0.1, 0.15) is 0 Å². The molecule has 3 N–H and O–H groups in total. The number of rotatable bonds is 4. The highest BCUT2D eigenvalue weighted by Gasteiger charge is 2.39. The maximum atomic E-state index is 9.83. The van der Waals surface area contributed by atoms with E-state index in [1.165, 1.54) is 0 Å². The predicted molar refractivity (Wildman–Crippen MR) is 58.5 cm³/mol. The molecule has 0 aliphatic carbocycles. The van der Waals surface area contributed by atoms with Crippen molar-refractivity contribution >= 4 is 0 Å². The predicted octanol–water partition coefficient (Wildman–Crippen LogP) is -0.179. The summed E-state index contributed by atoms with van der Waals surface area (Å²) in [4.78, 5) is 2.09. The first-order chi connectivity index (χ1) is 7.11. The Balaban J connectivity index is 2.60. The zero-order valence-electron chi connectivity index (χ0n) is 9.63. The number of likely N-dealkylation sites (tertiary alicyclic amines) is 1. The lowest BCUT2D eigenvalue weighted by Crippen LogP contribution is -2.59. The van der Waals surface area contributed by atoms with Crippen LogP contribution in [0, 0.1) is 5.92 Å². The highest BCUT2D eigenvalue weighted by molar-refractivity contribution is 4.92. The van der Waals surface area contributed by atoms with Crippen molar-refractivity contribution in [3.05, 3.63) is 0 Å². The summed E-state index contributed by atoms with van der Waals surface area (Å²) in [6, 6.07) is -0.303. The molecule has 0 amide bonds. The van der Waals surface area contributed by atoms with Gasteiger partial charge in [0.2, 0.25) is 0 Å². The Hall–Kier alpha value is -0.160. The molecule has 0 radical (unpaired) electrons. The fourth-order valence-corrected chi connectivity index (χ4v) is 2.24. The number of hydrogen-bond donors (Lipinski definition) is 3. The Labute approximate surface area is 91.5 Å². The average molecular weight is 217 g/mol. The summed E-state index contributed by atoms with van der Waals surface area (Å²) in [5, 5.41) is 28.8. The zero-order chi connectivity index (χ0) is 11.4. The van der Waals surface area contributed by atoms with Crippen molar-refractivity contribution in [2.24, 2.45) is 5.92 Å². The third-order valence-corrected chi connectivity index (χ3v) is 3.30. The first-order valence-corrected chi connectivity index (χ1v) is 5.82. The van der Waals surface area contributed by atoms with Gasteiger partial charge in [-0.3, -0.25) is 4.90 Å². The second kappa shape index (κ2) is 5.80. The third kappa shape index (κ3) is 2.91. The SMILES string of the molecule is CCCCN1C[C@H](C)[C@@H](O)[C@@H](O)[C@H]1CO. The topological polar surface area (TPSA) is 63.9 Å². The van der Waals surface area contributed by atoms with E-state index in [0.717, 1.165) is 25.9 Å². The van der Waals surface area contributed by atoms with Gasteiger partial charge in [0.25, 0.3) is 0 Å². The largest absolute Gasteiger partial charge is 0.395 e. The summed E-state index contributed by atoms with van der Waals surface area (Å²) >= 11 is 0. The first kappa shape index (κ1) is 12.9. The van der Waals surface area contributed by atoms with Gasteiger partial charge in [0.15, 0.2) is 0 Å². The molecule has 1 aliphatic rings. The van der Waals surface area contributed by atoms with Crippen LogP contribution in [0.2, 0.25) is 0 Å². The summed E-state index contributed by atoms with van der Waals surface area (Å²) < 4.78 is 0. The first-order valence-electron chi connectivity index (χ1n) is 5.82. The van der Waals surface area contributed by atoms with Crippen molar-refractivity contribution in [1.29, 1.82) is 0 Å². The van der Waals surface area contributed by atoms with Crippen molar-refractivity contribution in [3.63, 3.8) is 0 Å². The van der Waals surface area contributed by atoms with Crippen molar-refractivity contribution in [2.45, 2.75) is 44.9 Å². The lowest BCUT2D eigenvalue weighted by atomic mass is 9.88. The molecule has 0 aromatic carbocycles. The fraction of sp³-hybridized carbons (Fsp3) is 1.00. The van der Waals surface area contributed by atoms with Gasteiger partial charge in [-0.1, -0.05) is 20.3 Å². The molecule has 0 spiro atoms. The Bertz CT molecular complexity index is 189. The quantitative estimate of drug-likeness (QED) is 0.611. The van der Waals surface area contributed by atoms with E-state index in [9.17, 15) is 15.3 Å².